The maximum atomic E-state index is 10.5. The van der Waals surface area contributed by atoms with Crippen LogP contribution in [0.15, 0.2) is 34.5 Å². The van der Waals surface area contributed by atoms with Crippen molar-refractivity contribution in [2.24, 2.45) is 17.3 Å². The lowest BCUT2D eigenvalue weighted by Gasteiger charge is -1.94. The van der Waals surface area contributed by atoms with Gasteiger partial charge in [-0.1, -0.05) is 0 Å². The van der Waals surface area contributed by atoms with Crippen LogP contribution in [0.1, 0.15) is 11.4 Å². The molecule has 0 atom stereocenters. The smallest absolute Gasteiger partial charge is 0.269 e. The molecule has 0 saturated heterocycles. The summed E-state index contributed by atoms with van der Waals surface area (Å²) >= 11 is 0. The van der Waals surface area contributed by atoms with E-state index < -0.39 is 4.92 Å². The van der Waals surface area contributed by atoms with Crippen LogP contribution < -0.4 is 0 Å². The van der Waals surface area contributed by atoms with E-state index in [1.54, 1.807) is 16.8 Å². The van der Waals surface area contributed by atoms with Gasteiger partial charge in [-0.3, -0.25) is 14.8 Å². The molecule has 0 amide bonds. The van der Waals surface area contributed by atoms with E-state index in [0.717, 1.165) is 17.1 Å². The van der Waals surface area contributed by atoms with Crippen LogP contribution in [0.5, 0.6) is 0 Å². The zero-order chi connectivity index (χ0) is 14.0. The zero-order valence-electron chi connectivity index (χ0n) is 10.9. The quantitative estimate of drug-likeness (QED) is 0.481. The van der Waals surface area contributed by atoms with Crippen LogP contribution in [0.4, 0.5) is 17.1 Å². The van der Waals surface area contributed by atoms with E-state index in [2.05, 4.69) is 15.3 Å². The first kappa shape index (κ1) is 12.9. The van der Waals surface area contributed by atoms with E-state index in [9.17, 15) is 10.1 Å². The standard InChI is InChI=1S/C12H13N5O2/c1-8-12(9(2)16(3)15-8)14-13-10-4-6-11(7-5-10)17(18)19/h4-7H,1-3H3. The third-order valence-corrected chi connectivity index (χ3v) is 2.80. The fraction of sp³-hybridized carbons (Fsp3) is 0.250. The van der Waals surface area contributed by atoms with Crippen LogP contribution in [0, 0.1) is 24.0 Å². The molecule has 0 aliphatic heterocycles. The Morgan fingerprint density at radius 3 is 2.32 bits per heavy atom. The molecule has 1 heterocycles. The Hall–Kier alpha value is -2.57. The van der Waals surface area contributed by atoms with Gasteiger partial charge in [0.05, 0.1) is 22.0 Å². The fourth-order valence-electron chi connectivity index (χ4n) is 1.66. The van der Waals surface area contributed by atoms with Gasteiger partial charge in [-0.15, -0.1) is 5.11 Å². The number of nitrogens with zero attached hydrogens (tertiary/aromatic N) is 5. The number of nitro groups is 1. The highest BCUT2D eigenvalue weighted by atomic mass is 16.6. The van der Waals surface area contributed by atoms with Gasteiger partial charge in [0.25, 0.3) is 5.69 Å². The largest absolute Gasteiger partial charge is 0.270 e. The number of nitro benzene ring substituents is 1. The Balaban J connectivity index is 2.25. The highest BCUT2D eigenvalue weighted by Crippen LogP contribution is 2.25. The molecule has 0 unspecified atom stereocenters. The lowest BCUT2D eigenvalue weighted by atomic mass is 10.3. The Morgan fingerprint density at radius 1 is 1.21 bits per heavy atom. The number of aryl methyl sites for hydroxylation is 2. The average Bonchev–Trinajstić information content (AvgIpc) is 2.62. The molecule has 0 N–H and O–H groups in total. The molecular weight excluding hydrogens is 246 g/mol. The molecule has 7 nitrogen and oxygen atoms in total. The molecule has 0 radical (unpaired) electrons. The number of aromatic nitrogens is 2. The summed E-state index contributed by atoms with van der Waals surface area (Å²) in [5.41, 5.74) is 3.04. The number of azo groups is 1. The summed E-state index contributed by atoms with van der Waals surface area (Å²) in [5.74, 6) is 0. The van der Waals surface area contributed by atoms with Crippen LogP contribution >= 0.6 is 0 Å². The predicted molar refractivity (Wildman–Crippen MR) is 70.0 cm³/mol. The molecule has 0 saturated carbocycles. The van der Waals surface area contributed by atoms with Gasteiger partial charge >= 0.3 is 0 Å². The maximum absolute atomic E-state index is 10.5. The SMILES string of the molecule is Cc1nn(C)c(C)c1N=Nc1ccc([N+](=O)[O-])cc1. The van der Waals surface area contributed by atoms with Gasteiger partial charge in [0.15, 0.2) is 0 Å². The van der Waals surface area contributed by atoms with Gasteiger partial charge in [0.2, 0.25) is 0 Å². The van der Waals surface area contributed by atoms with Gasteiger partial charge in [0.1, 0.15) is 5.69 Å². The zero-order valence-corrected chi connectivity index (χ0v) is 10.9. The first-order valence-electron chi connectivity index (χ1n) is 5.65. The van der Waals surface area contributed by atoms with Crippen LogP contribution in [0.3, 0.4) is 0 Å². The lowest BCUT2D eigenvalue weighted by molar-refractivity contribution is -0.384. The molecule has 0 spiro atoms. The van der Waals surface area contributed by atoms with Crippen molar-refractivity contribution >= 4 is 17.1 Å². The summed E-state index contributed by atoms with van der Waals surface area (Å²) in [7, 11) is 1.84. The molecule has 19 heavy (non-hydrogen) atoms. The number of hydrogen-bond acceptors (Lipinski definition) is 5. The summed E-state index contributed by atoms with van der Waals surface area (Å²) in [4.78, 5) is 10.1. The first-order valence-corrected chi connectivity index (χ1v) is 5.65. The number of rotatable bonds is 3. The molecule has 1 aromatic carbocycles. The van der Waals surface area contributed by atoms with Gasteiger partial charge in [-0.2, -0.15) is 10.2 Å². The Kier molecular flexibility index (Phi) is 3.37. The van der Waals surface area contributed by atoms with Gasteiger partial charge in [-0.05, 0) is 26.0 Å². The predicted octanol–water partition coefficient (Wildman–Crippen LogP) is 3.36. The van der Waals surface area contributed by atoms with Crippen molar-refractivity contribution in [2.45, 2.75) is 13.8 Å². The normalized spacial score (nSPS) is 11.1. The van der Waals surface area contributed by atoms with Gasteiger partial charge < -0.3 is 0 Å². The second kappa shape index (κ2) is 4.97. The molecule has 1 aromatic heterocycles. The van der Waals surface area contributed by atoms with Gasteiger partial charge in [-0.25, -0.2) is 0 Å². The molecule has 0 aliphatic rings. The monoisotopic (exact) mass is 259 g/mol. The number of benzene rings is 1. The van der Waals surface area contributed by atoms with E-state index in [0.29, 0.717) is 5.69 Å². The fourth-order valence-corrected chi connectivity index (χ4v) is 1.66. The van der Waals surface area contributed by atoms with E-state index in [4.69, 9.17) is 0 Å². The minimum Gasteiger partial charge on any atom is -0.270 e. The third kappa shape index (κ3) is 2.65. The Morgan fingerprint density at radius 2 is 1.84 bits per heavy atom. The van der Waals surface area contributed by atoms with Crippen molar-refractivity contribution in [3.8, 4) is 0 Å². The van der Waals surface area contributed by atoms with Crippen molar-refractivity contribution < 1.29 is 4.92 Å². The molecule has 2 aromatic rings. The highest BCUT2D eigenvalue weighted by molar-refractivity contribution is 5.48. The molecule has 98 valence electrons. The average molecular weight is 259 g/mol. The van der Waals surface area contributed by atoms with E-state index >= 15 is 0 Å². The minimum atomic E-state index is -0.448. The molecule has 0 bridgehead atoms. The van der Waals surface area contributed by atoms with Crippen molar-refractivity contribution in [1.82, 2.24) is 9.78 Å². The number of hydrogen-bond donors (Lipinski definition) is 0. The second-order valence-corrected chi connectivity index (χ2v) is 4.12. The van der Waals surface area contributed by atoms with Crippen molar-refractivity contribution in [1.29, 1.82) is 0 Å². The van der Waals surface area contributed by atoms with E-state index in [1.807, 2.05) is 20.9 Å². The third-order valence-electron chi connectivity index (χ3n) is 2.80. The van der Waals surface area contributed by atoms with Crippen LogP contribution in [0.25, 0.3) is 0 Å². The summed E-state index contributed by atoms with van der Waals surface area (Å²) in [6.45, 7) is 3.77. The number of non-ortho nitro benzene ring substituents is 1. The molecule has 7 heteroatoms. The minimum absolute atomic E-state index is 0.0349. The van der Waals surface area contributed by atoms with E-state index in [1.165, 1.54) is 12.1 Å². The summed E-state index contributed by atoms with van der Waals surface area (Å²) in [5, 5.41) is 23.0. The molecule has 0 fully saturated rings. The topological polar surface area (TPSA) is 85.7 Å². The Bertz CT molecular complexity index is 643. The van der Waals surface area contributed by atoms with Crippen LogP contribution in [0.2, 0.25) is 0 Å². The van der Waals surface area contributed by atoms with Crippen molar-refractivity contribution in [3.05, 3.63) is 45.8 Å². The van der Waals surface area contributed by atoms with Crippen LogP contribution in [-0.2, 0) is 7.05 Å². The van der Waals surface area contributed by atoms with Crippen molar-refractivity contribution in [3.63, 3.8) is 0 Å². The molecule has 0 aliphatic carbocycles. The summed E-state index contributed by atoms with van der Waals surface area (Å²) in [6.07, 6.45) is 0. The molecule has 2 rings (SSSR count). The second-order valence-electron chi connectivity index (χ2n) is 4.12. The lowest BCUT2D eigenvalue weighted by Crippen LogP contribution is -1.91. The Labute approximate surface area is 109 Å². The summed E-state index contributed by atoms with van der Waals surface area (Å²) < 4.78 is 1.74. The highest BCUT2D eigenvalue weighted by Gasteiger charge is 2.08. The molecular formula is C12H13N5O2. The first-order chi connectivity index (χ1) is 8.99. The van der Waals surface area contributed by atoms with E-state index in [-0.39, 0.29) is 5.69 Å². The van der Waals surface area contributed by atoms with Crippen LogP contribution in [-0.4, -0.2) is 14.7 Å². The maximum Gasteiger partial charge on any atom is 0.269 e. The van der Waals surface area contributed by atoms with Crippen molar-refractivity contribution in [2.75, 3.05) is 0 Å². The van der Waals surface area contributed by atoms with Gasteiger partial charge in [0, 0.05) is 19.2 Å². The summed E-state index contributed by atoms with van der Waals surface area (Å²) in [6, 6.07) is 5.92.